The summed E-state index contributed by atoms with van der Waals surface area (Å²) in [6.07, 6.45) is 0. The largest absolute Gasteiger partial charge is 0.456 e. The average molecular weight is 490 g/mol. The van der Waals surface area contributed by atoms with Crippen molar-refractivity contribution in [2.45, 2.75) is 32.0 Å². The van der Waals surface area contributed by atoms with Gasteiger partial charge in [-0.15, -0.1) is 0 Å². The second kappa shape index (κ2) is 8.47. The first-order valence-corrected chi connectivity index (χ1v) is 11.1. The second-order valence-electron chi connectivity index (χ2n) is 9.24. The van der Waals surface area contributed by atoms with Gasteiger partial charge in [-0.2, -0.15) is 9.78 Å². The van der Waals surface area contributed by atoms with E-state index in [-0.39, 0.29) is 16.9 Å². The zero-order valence-electron chi connectivity index (χ0n) is 19.9. The maximum Gasteiger partial charge on any atom is 0.373 e. The Hall–Kier alpha value is -4.21. The molecule has 9 nitrogen and oxygen atoms in total. The summed E-state index contributed by atoms with van der Waals surface area (Å²) in [4.78, 5) is 57.2. The zero-order chi connectivity index (χ0) is 25.7. The molecule has 0 radical (unpaired) electrons. The van der Waals surface area contributed by atoms with E-state index in [0.717, 1.165) is 0 Å². The minimum Gasteiger partial charge on any atom is -0.456 e. The van der Waals surface area contributed by atoms with Crippen LogP contribution in [-0.4, -0.2) is 30.6 Å². The van der Waals surface area contributed by atoms with E-state index >= 15 is 0 Å². The maximum absolute atomic E-state index is 13.0. The van der Waals surface area contributed by atoms with Crippen LogP contribution in [0.5, 0.6) is 11.5 Å². The Morgan fingerprint density at radius 2 is 1.50 bits per heavy atom. The van der Waals surface area contributed by atoms with E-state index < -0.39 is 29.1 Å². The lowest BCUT2D eigenvalue weighted by atomic mass is 9.77. The number of esters is 1. The topological polar surface area (TPSA) is 107 Å². The molecule has 0 bridgehead atoms. The highest BCUT2D eigenvalue weighted by molar-refractivity contribution is 5.98. The van der Waals surface area contributed by atoms with E-state index in [9.17, 15) is 14.4 Å². The number of rotatable bonds is 4. The fraction of sp³-hybridized carbons (Fsp3) is 0.222. The minimum absolute atomic E-state index is 0.169. The first kappa shape index (κ1) is 23.5. The molecule has 2 aliphatic heterocycles. The summed E-state index contributed by atoms with van der Waals surface area (Å²) in [5.41, 5.74) is 0.0742. The number of fused-ring (bicyclic) bond motifs is 6. The lowest BCUT2D eigenvalue weighted by molar-refractivity contribution is -0.301. The number of hydrogen-bond donors (Lipinski definition) is 0. The molecule has 36 heavy (non-hydrogen) atoms. The van der Waals surface area contributed by atoms with Crippen LogP contribution in [0.4, 0.5) is 0 Å². The highest BCUT2D eigenvalue weighted by Gasteiger charge is 2.53. The van der Waals surface area contributed by atoms with Gasteiger partial charge >= 0.3 is 17.9 Å². The fourth-order valence-electron chi connectivity index (χ4n) is 4.26. The molecule has 1 unspecified atom stereocenters. The number of hydrogen-bond acceptors (Lipinski definition) is 9. The first-order chi connectivity index (χ1) is 17.1. The van der Waals surface area contributed by atoms with Crippen molar-refractivity contribution in [3.05, 3.63) is 94.0 Å². The fourth-order valence-corrected chi connectivity index (χ4v) is 4.26. The van der Waals surface area contributed by atoms with Gasteiger partial charge in [0.25, 0.3) is 0 Å². The third-order valence-corrected chi connectivity index (χ3v) is 5.71. The van der Waals surface area contributed by atoms with Gasteiger partial charge in [-0.3, -0.25) is 9.78 Å². The van der Waals surface area contributed by atoms with Crippen LogP contribution in [0, 0.1) is 0 Å². The molecule has 0 N–H and O–H groups in total. The maximum atomic E-state index is 13.0. The molecule has 3 aromatic carbocycles. The van der Waals surface area contributed by atoms with Crippen LogP contribution in [-0.2, 0) is 29.9 Å². The van der Waals surface area contributed by atoms with Gasteiger partial charge in [-0.25, -0.2) is 14.4 Å². The standard InChI is InChI=1S/C27H22O9/c1-26(2,3)36-35-24(29)16-9-11-19-22(14-16)32-21-12-10-15(23(28)34-31-4)13-20(21)27(19)18-8-6-5-7-17(18)25(30)33-27/h5-14H,1-4H3. The van der Waals surface area contributed by atoms with Crippen molar-refractivity contribution >= 4 is 17.9 Å². The Bertz CT molecular complexity index is 1400. The van der Waals surface area contributed by atoms with E-state index in [1.165, 1.54) is 31.4 Å². The van der Waals surface area contributed by atoms with Crippen LogP contribution in [0.3, 0.4) is 0 Å². The van der Waals surface area contributed by atoms with E-state index in [2.05, 4.69) is 9.78 Å². The van der Waals surface area contributed by atoms with Crippen LogP contribution in [0.15, 0.2) is 60.7 Å². The number of carbonyl (C=O) groups is 3. The molecule has 0 aromatic heterocycles. The summed E-state index contributed by atoms with van der Waals surface area (Å²) in [7, 11) is 1.22. The predicted octanol–water partition coefficient (Wildman–Crippen LogP) is 4.86. The molecule has 1 spiro atoms. The number of carbonyl (C=O) groups excluding carboxylic acids is 3. The van der Waals surface area contributed by atoms with Crippen molar-refractivity contribution in [2.24, 2.45) is 0 Å². The Morgan fingerprint density at radius 1 is 0.806 bits per heavy atom. The van der Waals surface area contributed by atoms with E-state index in [1.54, 1.807) is 57.2 Å². The third-order valence-electron chi connectivity index (χ3n) is 5.71. The summed E-state index contributed by atoms with van der Waals surface area (Å²) >= 11 is 0. The van der Waals surface area contributed by atoms with Gasteiger partial charge in [0.05, 0.1) is 23.8 Å². The summed E-state index contributed by atoms with van der Waals surface area (Å²) in [5.74, 6) is -1.35. The van der Waals surface area contributed by atoms with Crippen molar-refractivity contribution in [2.75, 3.05) is 7.11 Å². The molecule has 2 heterocycles. The number of benzene rings is 3. The minimum atomic E-state index is -1.43. The second-order valence-corrected chi connectivity index (χ2v) is 9.24. The van der Waals surface area contributed by atoms with Gasteiger partial charge in [-0.1, -0.05) is 18.2 Å². The molecule has 9 heteroatoms. The van der Waals surface area contributed by atoms with E-state index in [0.29, 0.717) is 28.0 Å². The summed E-state index contributed by atoms with van der Waals surface area (Å²) in [6.45, 7) is 5.25. The number of ether oxygens (including phenoxy) is 2. The highest BCUT2D eigenvalue weighted by atomic mass is 17.2. The Balaban J connectivity index is 1.67. The van der Waals surface area contributed by atoms with Crippen molar-refractivity contribution in [1.29, 1.82) is 0 Å². The normalized spacial score (nSPS) is 17.4. The van der Waals surface area contributed by atoms with Gasteiger partial charge in [-0.05, 0) is 63.2 Å². The van der Waals surface area contributed by atoms with Crippen molar-refractivity contribution in [3.63, 3.8) is 0 Å². The van der Waals surface area contributed by atoms with Crippen molar-refractivity contribution in [1.82, 2.24) is 0 Å². The van der Waals surface area contributed by atoms with Gasteiger partial charge in [0.2, 0.25) is 0 Å². The van der Waals surface area contributed by atoms with Gasteiger partial charge < -0.3 is 9.47 Å². The predicted molar refractivity (Wildman–Crippen MR) is 123 cm³/mol. The summed E-state index contributed by atoms with van der Waals surface area (Å²) in [5, 5.41) is 0. The molecule has 0 saturated carbocycles. The molecule has 184 valence electrons. The molecule has 0 saturated heterocycles. The Kier molecular flexibility index (Phi) is 5.54. The van der Waals surface area contributed by atoms with Gasteiger partial charge in [0.1, 0.15) is 17.1 Å². The van der Waals surface area contributed by atoms with Crippen LogP contribution in [0.2, 0.25) is 0 Å². The molecular weight excluding hydrogens is 468 g/mol. The molecule has 1 atom stereocenters. The van der Waals surface area contributed by atoms with Crippen molar-refractivity contribution in [3.8, 4) is 11.5 Å². The smallest absolute Gasteiger partial charge is 0.373 e. The SMILES string of the molecule is COOC(=O)c1ccc2c(c1)C1(OC(=O)c3ccccc31)c1ccc(C(=O)OOC(C)(C)C)cc1O2. The highest BCUT2D eigenvalue weighted by Crippen LogP contribution is 2.56. The lowest BCUT2D eigenvalue weighted by Gasteiger charge is -2.36. The molecule has 0 amide bonds. The Morgan fingerprint density at radius 3 is 2.25 bits per heavy atom. The van der Waals surface area contributed by atoms with E-state index in [4.69, 9.17) is 19.2 Å². The quantitative estimate of drug-likeness (QED) is 0.288. The summed E-state index contributed by atoms with van der Waals surface area (Å²) < 4.78 is 12.2. The van der Waals surface area contributed by atoms with Crippen LogP contribution in [0.25, 0.3) is 0 Å². The van der Waals surface area contributed by atoms with Gasteiger partial charge in [0, 0.05) is 16.7 Å². The molecule has 5 rings (SSSR count). The van der Waals surface area contributed by atoms with Gasteiger partial charge in [0.15, 0.2) is 5.60 Å². The van der Waals surface area contributed by atoms with Crippen LogP contribution in [0.1, 0.15) is 68.5 Å². The average Bonchev–Trinajstić information content (AvgIpc) is 3.15. The molecule has 2 aliphatic rings. The first-order valence-electron chi connectivity index (χ1n) is 11.1. The molecule has 0 aliphatic carbocycles. The third kappa shape index (κ3) is 3.78. The molecular formula is C27H22O9. The van der Waals surface area contributed by atoms with E-state index in [1.807, 2.05) is 0 Å². The summed E-state index contributed by atoms with van der Waals surface area (Å²) in [6, 6.07) is 16.2. The molecule has 3 aromatic rings. The zero-order valence-corrected chi connectivity index (χ0v) is 19.9. The van der Waals surface area contributed by atoms with Crippen LogP contribution >= 0.6 is 0 Å². The lowest BCUT2D eigenvalue weighted by Crippen LogP contribution is -2.33. The Labute approximate surface area is 206 Å². The molecule has 0 fully saturated rings. The monoisotopic (exact) mass is 490 g/mol. The van der Waals surface area contributed by atoms with Crippen molar-refractivity contribution < 1.29 is 43.4 Å². The van der Waals surface area contributed by atoms with Crippen LogP contribution < -0.4 is 4.74 Å².